The minimum atomic E-state index is -3.79. The van der Waals surface area contributed by atoms with E-state index in [1.807, 2.05) is 0 Å². The van der Waals surface area contributed by atoms with Gasteiger partial charge in [0.05, 0.1) is 41.8 Å². The van der Waals surface area contributed by atoms with Gasteiger partial charge in [0.1, 0.15) is 4.90 Å². The Bertz CT molecular complexity index is 1120. The number of aryl methyl sites for hydroxylation is 1. The van der Waals surface area contributed by atoms with E-state index in [-0.39, 0.29) is 46.2 Å². The number of hydrogen-bond donors (Lipinski definition) is 2. The van der Waals surface area contributed by atoms with Crippen LogP contribution in [0.2, 0.25) is 10.0 Å². The van der Waals surface area contributed by atoms with E-state index >= 15 is 0 Å². The molecule has 0 radical (unpaired) electrons. The van der Waals surface area contributed by atoms with Crippen molar-refractivity contribution in [3.63, 3.8) is 0 Å². The van der Waals surface area contributed by atoms with Crippen LogP contribution in [-0.2, 0) is 14.8 Å². The van der Waals surface area contributed by atoms with Gasteiger partial charge in [0, 0.05) is 17.2 Å². The van der Waals surface area contributed by atoms with E-state index in [4.69, 9.17) is 23.2 Å². The average Bonchev–Trinajstić information content (AvgIpc) is 2.71. The second-order valence-electron chi connectivity index (χ2n) is 7.21. The predicted octanol–water partition coefficient (Wildman–Crippen LogP) is 1.74. The zero-order valence-corrected chi connectivity index (χ0v) is 18.9. The highest BCUT2D eigenvalue weighted by molar-refractivity contribution is 7.89. The first kappa shape index (κ1) is 23.4. The molecular weight excluding hydrogens is 467 g/mol. The summed E-state index contributed by atoms with van der Waals surface area (Å²) in [5.74, 6) is -0.298. The molecule has 0 spiro atoms. The number of carbonyl (C=O) groups excluding carboxylic acids is 1. The fourth-order valence-electron chi connectivity index (χ4n) is 3.31. The van der Waals surface area contributed by atoms with Crippen LogP contribution in [0.15, 0.2) is 41.3 Å². The number of carbonyl (C=O) groups is 1. The average molecular weight is 488 g/mol. The lowest BCUT2D eigenvalue weighted by Crippen LogP contribution is -3.15. The molecule has 1 aliphatic heterocycles. The first-order valence-electron chi connectivity index (χ1n) is 9.41. The maximum absolute atomic E-state index is 12.9. The number of nitrogens with zero attached hydrogens (tertiary/aromatic N) is 2. The first-order chi connectivity index (χ1) is 14.6. The highest BCUT2D eigenvalue weighted by Gasteiger charge is 2.32. The summed E-state index contributed by atoms with van der Waals surface area (Å²) >= 11 is 12.0. The van der Waals surface area contributed by atoms with Gasteiger partial charge in [-0.05, 0) is 30.7 Å². The van der Waals surface area contributed by atoms with Gasteiger partial charge in [-0.3, -0.25) is 14.9 Å². The molecule has 0 aromatic heterocycles. The molecule has 1 fully saturated rings. The Labute approximate surface area is 189 Å². The molecule has 0 atom stereocenters. The molecule has 1 aliphatic rings. The molecule has 0 unspecified atom stereocenters. The Morgan fingerprint density at radius 2 is 1.87 bits per heavy atom. The van der Waals surface area contributed by atoms with Crippen LogP contribution in [0, 0.1) is 17.0 Å². The van der Waals surface area contributed by atoms with Crippen LogP contribution < -0.4 is 10.2 Å². The van der Waals surface area contributed by atoms with Crippen LogP contribution in [0.25, 0.3) is 0 Å². The van der Waals surface area contributed by atoms with Crippen molar-refractivity contribution in [2.24, 2.45) is 0 Å². The Morgan fingerprint density at radius 1 is 1.19 bits per heavy atom. The lowest BCUT2D eigenvalue weighted by molar-refractivity contribution is -0.895. The van der Waals surface area contributed by atoms with Gasteiger partial charge in [0.25, 0.3) is 11.6 Å². The summed E-state index contributed by atoms with van der Waals surface area (Å²) in [6, 6.07) is 8.56. The lowest BCUT2D eigenvalue weighted by atomic mass is 10.2. The summed E-state index contributed by atoms with van der Waals surface area (Å²) in [4.78, 5) is 23.7. The Morgan fingerprint density at radius 3 is 2.52 bits per heavy atom. The third-order valence-corrected chi connectivity index (χ3v) is 7.67. The third kappa shape index (κ3) is 5.52. The van der Waals surface area contributed by atoms with Crippen molar-refractivity contribution in [1.29, 1.82) is 0 Å². The van der Waals surface area contributed by atoms with E-state index in [1.165, 1.54) is 34.6 Å². The normalized spacial score (nSPS) is 15.6. The number of nitro benzene ring substituents is 1. The fraction of sp³-hybridized carbons (Fsp3) is 0.316. The van der Waals surface area contributed by atoms with E-state index in [9.17, 15) is 23.3 Å². The van der Waals surface area contributed by atoms with Crippen molar-refractivity contribution < 1.29 is 23.0 Å². The molecule has 31 heavy (non-hydrogen) atoms. The number of benzene rings is 2. The molecule has 1 heterocycles. The van der Waals surface area contributed by atoms with E-state index < -0.39 is 14.9 Å². The number of rotatable bonds is 6. The molecule has 2 N–H and O–H groups in total. The number of sulfonamides is 1. The molecule has 0 aliphatic carbocycles. The number of amides is 1. The van der Waals surface area contributed by atoms with Crippen LogP contribution in [-0.4, -0.2) is 56.3 Å². The minimum Gasteiger partial charge on any atom is -0.325 e. The number of nitro groups is 1. The van der Waals surface area contributed by atoms with Crippen molar-refractivity contribution >= 4 is 50.5 Å². The molecule has 3 rings (SSSR count). The van der Waals surface area contributed by atoms with E-state index in [2.05, 4.69) is 5.32 Å². The highest BCUT2D eigenvalue weighted by Crippen LogP contribution is 2.27. The summed E-state index contributed by atoms with van der Waals surface area (Å²) in [6.45, 7) is 3.18. The second-order valence-corrected chi connectivity index (χ2v) is 9.96. The maximum Gasteiger partial charge on any atom is 0.279 e. The Balaban J connectivity index is 1.60. The molecule has 12 heteroatoms. The van der Waals surface area contributed by atoms with Gasteiger partial charge in [-0.15, -0.1) is 0 Å². The Hall–Kier alpha value is -2.24. The van der Waals surface area contributed by atoms with Gasteiger partial charge in [-0.1, -0.05) is 29.3 Å². The van der Waals surface area contributed by atoms with Gasteiger partial charge in [0.15, 0.2) is 6.54 Å². The monoisotopic (exact) mass is 487 g/mol. The number of quaternary nitrogens is 1. The standard InChI is InChI=1S/C19H20Cl2N4O5S/c1-13-2-4-15(25(27)28)11-17(13)22-19(26)12-23-6-8-24(9-7-23)31(29,30)18-10-14(20)3-5-16(18)21/h2-5,10-11H,6-9,12H2,1H3,(H,22,26)/p+1. The summed E-state index contributed by atoms with van der Waals surface area (Å²) in [5.41, 5.74) is 0.991. The van der Waals surface area contributed by atoms with Crippen molar-refractivity contribution in [2.75, 3.05) is 38.0 Å². The maximum atomic E-state index is 12.9. The Kier molecular flexibility index (Phi) is 7.17. The molecule has 1 amide bonds. The predicted molar refractivity (Wildman–Crippen MR) is 117 cm³/mol. The third-order valence-electron chi connectivity index (χ3n) is 5.06. The summed E-state index contributed by atoms with van der Waals surface area (Å²) in [6.07, 6.45) is 0. The second kappa shape index (κ2) is 9.49. The van der Waals surface area contributed by atoms with E-state index in [0.717, 1.165) is 4.90 Å². The van der Waals surface area contributed by atoms with Gasteiger partial charge < -0.3 is 10.2 Å². The van der Waals surface area contributed by atoms with Crippen LogP contribution in [0.4, 0.5) is 11.4 Å². The number of halogens is 2. The lowest BCUT2D eigenvalue weighted by Gasteiger charge is -2.31. The summed E-state index contributed by atoms with van der Waals surface area (Å²) in [5, 5.41) is 14.0. The summed E-state index contributed by atoms with van der Waals surface area (Å²) < 4.78 is 27.1. The van der Waals surface area contributed by atoms with Gasteiger partial charge in [0.2, 0.25) is 10.0 Å². The molecular formula is C19H21Cl2N4O5S+. The van der Waals surface area contributed by atoms with Crippen molar-refractivity contribution in [3.05, 3.63) is 62.1 Å². The highest BCUT2D eigenvalue weighted by atomic mass is 35.5. The SMILES string of the molecule is Cc1ccc([N+](=O)[O-])cc1NC(=O)C[NH+]1CCN(S(=O)(=O)c2cc(Cl)ccc2Cl)CC1. The van der Waals surface area contributed by atoms with E-state index in [1.54, 1.807) is 13.0 Å². The van der Waals surface area contributed by atoms with Crippen molar-refractivity contribution in [1.82, 2.24) is 4.31 Å². The first-order valence-corrected chi connectivity index (χ1v) is 11.6. The molecule has 0 saturated carbocycles. The van der Waals surface area contributed by atoms with Gasteiger partial charge in [-0.2, -0.15) is 4.31 Å². The quantitative estimate of drug-likeness (QED) is 0.475. The minimum absolute atomic E-state index is 0.0380. The topological polar surface area (TPSA) is 114 Å². The van der Waals surface area contributed by atoms with Crippen LogP contribution in [0.5, 0.6) is 0 Å². The molecule has 166 valence electrons. The zero-order valence-electron chi connectivity index (χ0n) is 16.6. The smallest absolute Gasteiger partial charge is 0.279 e. The van der Waals surface area contributed by atoms with Gasteiger partial charge >= 0.3 is 0 Å². The molecule has 1 saturated heterocycles. The largest absolute Gasteiger partial charge is 0.325 e. The van der Waals surface area contributed by atoms with Crippen LogP contribution in [0.1, 0.15) is 5.56 Å². The van der Waals surface area contributed by atoms with Gasteiger partial charge in [-0.25, -0.2) is 8.42 Å². The number of anilines is 1. The van der Waals surface area contributed by atoms with Crippen molar-refractivity contribution in [2.45, 2.75) is 11.8 Å². The number of non-ortho nitro benzene ring substituents is 1. The molecule has 2 aromatic rings. The molecule has 9 nitrogen and oxygen atoms in total. The summed E-state index contributed by atoms with van der Waals surface area (Å²) in [7, 11) is -3.79. The zero-order chi connectivity index (χ0) is 22.8. The van der Waals surface area contributed by atoms with Crippen LogP contribution >= 0.6 is 23.2 Å². The molecule has 2 aromatic carbocycles. The number of piperazine rings is 1. The van der Waals surface area contributed by atoms with Crippen molar-refractivity contribution in [3.8, 4) is 0 Å². The van der Waals surface area contributed by atoms with Crippen LogP contribution in [0.3, 0.4) is 0 Å². The van der Waals surface area contributed by atoms with E-state index in [0.29, 0.717) is 24.3 Å². The fourth-order valence-corrected chi connectivity index (χ4v) is 5.49. The number of nitrogens with one attached hydrogen (secondary N) is 2. The number of hydrogen-bond acceptors (Lipinski definition) is 5. The molecule has 0 bridgehead atoms.